The van der Waals surface area contributed by atoms with Gasteiger partial charge in [0, 0.05) is 16.6 Å². The molecule has 0 aromatic carbocycles. The van der Waals surface area contributed by atoms with Crippen LogP contribution in [-0.2, 0) is 12.8 Å². The standard InChI is InChI=1S/C11H12N4S/c1-6-13-9(5-16-6)11-14-8-4-2-3-7(8)10(12)15-11/h5H,2-4H2,1H3,(H2,12,14,15). The van der Waals surface area contributed by atoms with Crippen LogP contribution in [-0.4, -0.2) is 15.0 Å². The number of anilines is 1. The fourth-order valence-corrected chi connectivity index (χ4v) is 2.63. The van der Waals surface area contributed by atoms with E-state index >= 15 is 0 Å². The third-order valence-electron chi connectivity index (χ3n) is 2.81. The average molecular weight is 232 g/mol. The lowest BCUT2D eigenvalue weighted by molar-refractivity contribution is 0.900. The Kier molecular flexibility index (Phi) is 2.14. The van der Waals surface area contributed by atoms with Crippen LogP contribution < -0.4 is 5.73 Å². The Morgan fingerprint density at radius 1 is 1.25 bits per heavy atom. The molecule has 2 aromatic heterocycles. The number of hydrogen-bond donors (Lipinski definition) is 1. The Bertz CT molecular complexity index is 547. The molecule has 2 aromatic rings. The van der Waals surface area contributed by atoms with Crippen LogP contribution in [0.1, 0.15) is 22.7 Å². The monoisotopic (exact) mass is 232 g/mol. The Morgan fingerprint density at radius 2 is 2.12 bits per heavy atom. The van der Waals surface area contributed by atoms with E-state index in [0.29, 0.717) is 11.6 Å². The predicted molar refractivity (Wildman–Crippen MR) is 64.3 cm³/mol. The highest BCUT2D eigenvalue weighted by Gasteiger charge is 2.18. The Morgan fingerprint density at radius 3 is 2.88 bits per heavy atom. The van der Waals surface area contributed by atoms with Crippen molar-refractivity contribution in [3.8, 4) is 11.5 Å². The fraction of sp³-hybridized carbons (Fsp3) is 0.364. The maximum absolute atomic E-state index is 5.94. The second kappa shape index (κ2) is 3.52. The zero-order chi connectivity index (χ0) is 11.1. The summed E-state index contributed by atoms with van der Waals surface area (Å²) >= 11 is 1.61. The first kappa shape index (κ1) is 9.72. The van der Waals surface area contributed by atoms with Crippen LogP contribution in [0.15, 0.2) is 5.38 Å². The van der Waals surface area contributed by atoms with E-state index in [9.17, 15) is 0 Å². The molecule has 0 fully saturated rings. The number of nitrogens with two attached hydrogens (primary N) is 1. The summed E-state index contributed by atoms with van der Waals surface area (Å²) in [4.78, 5) is 13.3. The van der Waals surface area contributed by atoms with Gasteiger partial charge in [0.15, 0.2) is 5.82 Å². The van der Waals surface area contributed by atoms with E-state index in [1.165, 1.54) is 0 Å². The fourth-order valence-electron chi connectivity index (χ4n) is 2.04. The molecule has 0 aliphatic heterocycles. The van der Waals surface area contributed by atoms with Crippen LogP contribution in [0.5, 0.6) is 0 Å². The van der Waals surface area contributed by atoms with E-state index in [-0.39, 0.29) is 0 Å². The van der Waals surface area contributed by atoms with Gasteiger partial charge in [-0.1, -0.05) is 0 Å². The minimum Gasteiger partial charge on any atom is -0.383 e. The number of rotatable bonds is 1. The van der Waals surface area contributed by atoms with Crippen LogP contribution in [0.3, 0.4) is 0 Å². The number of hydrogen-bond acceptors (Lipinski definition) is 5. The average Bonchev–Trinajstić information content (AvgIpc) is 2.85. The molecule has 3 rings (SSSR count). The lowest BCUT2D eigenvalue weighted by Crippen LogP contribution is -2.02. The topological polar surface area (TPSA) is 64.7 Å². The van der Waals surface area contributed by atoms with Crippen LogP contribution in [0.4, 0.5) is 5.82 Å². The quantitative estimate of drug-likeness (QED) is 0.816. The van der Waals surface area contributed by atoms with Gasteiger partial charge in [0.25, 0.3) is 0 Å². The van der Waals surface area contributed by atoms with Crippen molar-refractivity contribution < 1.29 is 0 Å². The molecule has 1 aliphatic carbocycles. The highest BCUT2D eigenvalue weighted by molar-refractivity contribution is 7.09. The van der Waals surface area contributed by atoms with Crippen LogP contribution >= 0.6 is 11.3 Å². The molecule has 1 aliphatic rings. The van der Waals surface area contributed by atoms with Gasteiger partial charge in [-0.15, -0.1) is 11.3 Å². The van der Waals surface area contributed by atoms with E-state index < -0.39 is 0 Å². The second-order valence-electron chi connectivity index (χ2n) is 3.96. The third-order valence-corrected chi connectivity index (χ3v) is 3.59. The van der Waals surface area contributed by atoms with Gasteiger partial charge < -0.3 is 5.73 Å². The molecule has 2 heterocycles. The minimum absolute atomic E-state index is 0.628. The zero-order valence-electron chi connectivity index (χ0n) is 9.03. The Labute approximate surface area is 97.6 Å². The summed E-state index contributed by atoms with van der Waals surface area (Å²) in [5.74, 6) is 1.30. The third kappa shape index (κ3) is 1.48. The molecule has 0 unspecified atom stereocenters. The highest BCUT2D eigenvalue weighted by Crippen LogP contribution is 2.27. The first-order chi connectivity index (χ1) is 7.74. The van der Waals surface area contributed by atoms with E-state index in [0.717, 1.165) is 41.2 Å². The molecule has 16 heavy (non-hydrogen) atoms. The maximum atomic E-state index is 5.94. The molecule has 0 saturated carbocycles. The van der Waals surface area contributed by atoms with Gasteiger partial charge in [-0.2, -0.15) is 0 Å². The van der Waals surface area contributed by atoms with Gasteiger partial charge in [0.2, 0.25) is 0 Å². The molecule has 4 nitrogen and oxygen atoms in total. The summed E-state index contributed by atoms with van der Waals surface area (Å²) in [5.41, 5.74) is 9.02. The van der Waals surface area contributed by atoms with E-state index in [4.69, 9.17) is 5.73 Å². The van der Waals surface area contributed by atoms with Crippen LogP contribution in [0, 0.1) is 6.92 Å². The summed E-state index contributed by atoms with van der Waals surface area (Å²) in [7, 11) is 0. The molecule has 5 heteroatoms. The Hall–Kier alpha value is -1.49. The summed E-state index contributed by atoms with van der Waals surface area (Å²) in [5, 5.41) is 3.00. The SMILES string of the molecule is Cc1nc(-c2nc(N)c3c(n2)CCC3)cs1. The highest BCUT2D eigenvalue weighted by atomic mass is 32.1. The van der Waals surface area contributed by atoms with E-state index in [1.807, 2.05) is 12.3 Å². The van der Waals surface area contributed by atoms with Crippen molar-refractivity contribution in [2.24, 2.45) is 0 Å². The lowest BCUT2D eigenvalue weighted by atomic mass is 10.2. The van der Waals surface area contributed by atoms with E-state index in [2.05, 4.69) is 15.0 Å². The van der Waals surface area contributed by atoms with Crippen molar-refractivity contribution in [1.82, 2.24) is 15.0 Å². The number of fused-ring (bicyclic) bond motifs is 1. The number of aromatic nitrogens is 3. The molecule has 0 amide bonds. The summed E-state index contributed by atoms with van der Waals surface area (Å²) in [6.45, 7) is 1.98. The van der Waals surface area contributed by atoms with Gasteiger partial charge in [-0.25, -0.2) is 15.0 Å². The number of aryl methyl sites for hydroxylation is 2. The number of nitrogen functional groups attached to an aromatic ring is 1. The van der Waals surface area contributed by atoms with Crippen LogP contribution in [0.25, 0.3) is 11.5 Å². The molecular formula is C11H12N4S. The molecule has 0 spiro atoms. The summed E-state index contributed by atoms with van der Waals surface area (Å²) in [6.07, 6.45) is 3.16. The van der Waals surface area contributed by atoms with Gasteiger partial charge in [-0.3, -0.25) is 0 Å². The van der Waals surface area contributed by atoms with Crippen molar-refractivity contribution >= 4 is 17.2 Å². The molecule has 2 N–H and O–H groups in total. The smallest absolute Gasteiger partial charge is 0.181 e. The van der Waals surface area contributed by atoms with Crippen LogP contribution in [0.2, 0.25) is 0 Å². The molecule has 0 bridgehead atoms. The Balaban J connectivity index is 2.12. The van der Waals surface area contributed by atoms with Gasteiger partial charge in [-0.05, 0) is 26.2 Å². The second-order valence-corrected chi connectivity index (χ2v) is 5.03. The zero-order valence-corrected chi connectivity index (χ0v) is 9.84. The normalized spacial score (nSPS) is 14.1. The lowest BCUT2D eigenvalue weighted by Gasteiger charge is -2.04. The molecular weight excluding hydrogens is 220 g/mol. The molecule has 82 valence electrons. The van der Waals surface area contributed by atoms with Gasteiger partial charge in [0.1, 0.15) is 11.5 Å². The molecule has 0 atom stereocenters. The predicted octanol–water partition coefficient (Wildman–Crippen LogP) is 1.98. The minimum atomic E-state index is 0.628. The number of nitrogens with zero attached hydrogens (tertiary/aromatic N) is 3. The van der Waals surface area contributed by atoms with Gasteiger partial charge in [0.05, 0.1) is 5.01 Å². The largest absolute Gasteiger partial charge is 0.383 e. The first-order valence-corrected chi connectivity index (χ1v) is 6.20. The molecule has 0 saturated heterocycles. The number of thiazole rings is 1. The summed E-state index contributed by atoms with van der Waals surface area (Å²) in [6, 6.07) is 0. The van der Waals surface area contributed by atoms with Crippen molar-refractivity contribution in [2.75, 3.05) is 5.73 Å². The van der Waals surface area contributed by atoms with E-state index in [1.54, 1.807) is 11.3 Å². The maximum Gasteiger partial charge on any atom is 0.181 e. The summed E-state index contributed by atoms with van der Waals surface area (Å²) < 4.78 is 0. The van der Waals surface area contributed by atoms with Crippen molar-refractivity contribution in [1.29, 1.82) is 0 Å². The van der Waals surface area contributed by atoms with Crippen molar-refractivity contribution in [3.05, 3.63) is 21.6 Å². The van der Waals surface area contributed by atoms with Gasteiger partial charge >= 0.3 is 0 Å². The van der Waals surface area contributed by atoms with Crippen molar-refractivity contribution in [2.45, 2.75) is 26.2 Å². The molecule has 0 radical (unpaired) electrons. The first-order valence-electron chi connectivity index (χ1n) is 5.32. The van der Waals surface area contributed by atoms with Crippen molar-refractivity contribution in [3.63, 3.8) is 0 Å².